The molecule has 0 radical (unpaired) electrons. The van der Waals surface area contributed by atoms with E-state index >= 15 is 0 Å². The van der Waals surface area contributed by atoms with Crippen LogP contribution in [0.2, 0.25) is 0 Å². The molecule has 0 spiro atoms. The molecule has 0 atom stereocenters. The summed E-state index contributed by atoms with van der Waals surface area (Å²) in [5.74, 6) is -0.170. The molecule has 0 N–H and O–H groups in total. The Hall–Kier alpha value is -1.11. The fraction of sp³-hybridized carbons (Fsp3) is 0.273. The minimum atomic E-state index is -0.170. The van der Waals surface area contributed by atoms with E-state index in [9.17, 15) is 4.39 Å². The molecule has 0 heterocycles. The highest BCUT2D eigenvalue weighted by atomic mass is 19.1. The van der Waals surface area contributed by atoms with Crippen LogP contribution in [0.5, 0.6) is 0 Å². The van der Waals surface area contributed by atoms with Gasteiger partial charge in [-0.2, -0.15) is 0 Å². The average Bonchev–Trinajstić information content (AvgIpc) is 2.05. The van der Waals surface area contributed by atoms with Crippen molar-refractivity contribution in [2.45, 2.75) is 20.3 Å². The minimum Gasteiger partial charge on any atom is -0.207 e. The number of hydrogen-bond donors (Lipinski definition) is 0. The zero-order valence-corrected chi connectivity index (χ0v) is 7.47. The normalized spacial score (nSPS) is 11.8. The molecule has 12 heavy (non-hydrogen) atoms. The first kappa shape index (κ1) is 8.98. The Morgan fingerprint density at radius 1 is 1.50 bits per heavy atom. The third-order valence-corrected chi connectivity index (χ3v) is 1.79. The summed E-state index contributed by atoms with van der Waals surface area (Å²) >= 11 is 0. The Morgan fingerprint density at radius 3 is 2.83 bits per heavy atom. The number of allylic oxidation sites excluding steroid dienone is 2. The largest absolute Gasteiger partial charge is 0.207 e. The van der Waals surface area contributed by atoms with Gasteiger partial charge >= 0.3 is 0 Å². The standard InChI is InChI=1S/C11H13F/c1-3-5-9(2)10-6-4-7-11(12)8-10/h4-8H,3H2,1-2H3/b9-5-. The first-order valence-electron chi connectivity index (χ1n) is 4.16. The molecule has 0 aliphatic heterocycles. The SMILES string of the molecule is CC/C=C(/C)c1cccc(F)c1. The topological polar surface area (TPSA) is 0 Å². The third-order valence-electron chi connectivity index (χ3n) is 1.79. The lowest BCUT2D eigenvalue weighted by Crippen LogP contribution is -1.80. The Balaban J connectivity index is 2.95. The second-order valence-electron chi connectivity index (χ2n) is 2.81. The molecule has 1 aromatic carbocycles. The van der Waals surface area contributed by atoms with Crippen molar-refractivity contribution in [3.05, 3.63) is 41.7 Å². The molecule has 0 aromatic heterocycles. The van der Waals surface area contributed by atoms with Crippen LogP contribution >= 0.6 is 0 Å². The van der Waals surface area contributed by atoms with Crippen LogP contribution < -0.4 is 0 Å². The summed E-state index contributed by atoms with van der Waals surface area (Å²) < 4.78 is 12.7. The average molecular weight is 164 g/mol. The quantitative estimate of drug-likeness (QED) is 0.626. The van der Waals surface area contributed by atoms with Crippen LogP contribution in [0.4, 0.5) is 4.39 Å². The van der Waals surface area contributed by atoms with Crippen LogP contribution in [0.3, 0.4) is 0 Å². The van der Waals surface area contributed by atoms with Gasteiger partial charge in [0, 0.05) is 0 Å². The van der Waals surface area contributed by atoms with Crippen LogP contribution in [-0.2, 0) is 0 Å². The van der Waals surface area contributed by atoms with Crippen molar-refractivity contribution >= 4 is 5.57 Å². The van der Waals surface area contributed by atoms with Gasteiger partial charge in [0.05, 0.1) is 0 Å². The zero-order chi connectivity index (χ0) is 8.97. The number of halogens is 1. The van der Waals surface area contributed by atoms with E-state index in [4.69, 9.17) is 0 Å². The number of hydrogen-bond acceptors (Lipinski definition) is 0. The Labute approximate surface area is 72.7 Å². The van der Waals surface area contributed by atoms with Crippen molar-refractivity contribution in [3.8, 4) is 0 Å². The van der Waals surface area contributed by atoms with Gasteiger partial charge < -0.3 is 0 Å². The molecule has 0 nitrogen and oxygen atoms in total. The van der Waals surface area contributed by atoms with Crippen molar-refractivity contribution in [3.63, 3.8) is 0 Å². The van der Waals surface area contributed by atoms with E-state index in [0.717, 1.165) is 17.6 Å². The summed E-state index contributed by atoms with van der Waals surface area (Å²) in [6.45, 7) is 4.07. The fourth-order valence-corrected chi connectivity index (χ4v) is 1.16. The van der Waals surface area contributed by atoms with Crippen LogP contribution in [0, 0.1) is 5.82 Å². The molecule has 0 unspecified atom stereocenters. The lowest BCUT2D eigenvalue weighted by Gasteiger charge is -2.00. The van der Waals surface area contributed by atoms with E-state index in [1.165, 1.54) is 6.07 Å². The maximum absolute atomic E-state index is 12.7. The fourth-order valence-electron chi connectivity index (χ4n) is 1.16. The molecule has 0 aliphatic rings. The summed E-state index contributed by atoms with van der Waals surface area (Å²) in [7, 11) is 0. The van der Waals surface area contributed by atoms with Crippen molar-refractivity contribution in [2.75, 3.05) is 0 Å². The molecule has 1 rings (SSSR count). The first-order chi connectivity index (χ1) is 5.74. The van der Waals surface area contributed by atoms with E-state index in [2.05, 4.69) is 13.0 Å². The van der Waals surface area contributed by atoms with E-state index in [1.54, 1.807) is 12.1 Å². The summed E-state index contributed by atoms with van der Waals surface area (Å²) in [6, 6.07) is 6.67. The van der Waals surface area contributed by atoms with Crippen LogP contribution in [0.1, 0.15) is 25.8 Å². The highest BCUT2D eigenvalue weighted by molar-refractivity contribution is 5.63. The summed E-state index contributed by atoms with van der Waals surface area (Å²) in [5.41, 5.74) is 2.11. The number of rotatable bonds is 2. The Kier molecular flexibility index (Phi) is 3.03. The molecular formula is C11H13F. The maximum atomic E-state index is 12.7. The molecule has 1 heteroatoms. The zero-order valence-electron chi connectivity index (χ0n) is 7.47. The predicted octanol–water partition coefficient (Wildman–Crippen LogP) is 3.64. The van der Waals surface area contributed by atoms with Gasteiger partial charge in [0.2, 0.25) is 0 Å². The van der Waals surface area contributed by atoms with Crippen molar-refractivity contribution < 1.29 is 4.39 Å². The minimum absolute atomic E-state index is 0.170. The van der Waals surface area contributed by atoms with E-state index in [-0.39, 0.29) is 5.82 Å². The molecule has 64 valence electrons. The second-order valence-corrected chi connectivity index (χ2v) is 2.81. The Morgan fingerprint density at radius 2 is 2.25 bits per heavy atom. The smallest absolute Gasteiger partial charge is 0.123 e. The van der Waals surface area contributed by atoms with Gasteiger partial charge in [0.1, 0.15) is 5.82 Å². The van der Waals surface area contributed by atoms with Gasteiger partial charge in [-0.3, -0.25) is 0 Å². The first-order valence-corrected chi connectivity index (χ1v) is 4.16. The van der Waals surface area contributed by atoms with E-state index in [1.807, 2.05) is 13.0 Å². The molecule has 0 fully saturated rings. The molecule has 1 aromatic rings. The summed E-state index contributed by atoms with van der Waals surface area (Å²) in [6.07, 6.45) is 3.08. The van der Waals surface area contributed by atoms with Gasteiger partial charge in [-0.05, 0) is 36.6 Å². The van der Waals surface area contributed by atoms with Gasteiger partial charge in [-0.1, -0.05) is 25.1 Å². The van der Waals surface area contributed by atoms with Crippen molar-refractivity contribution in [1.29, 1.82) is 0 Å². The van der Waals surface area contributed by atoms with Crippen LogP contribution in [0.25, 0.3) is 5.57 Å². The molecule has 0 saturated carbocycles. The lowest BCUT2D eigenvalue weighted by atomic mass is 10.1. The van der Waals surface area contributed by atoms with Gasteiger partial charge in [-0.25, -0.2) is 4.39 Å². The summed E-state index contributed by atoms with van der Waals surface area (Å²) in [5, 5.41) is 0. The molecule has 0 amide bonds. The second kappa shape index (κ2) is 4.05. The van der Waals surface area contributed by atoms with Crippen molar-refractivity contribution in [2.24, 2.45) is 0 Å². The third kappa shape index (κ3) is 2.19. The maximum Gasteiger partial charge on any atom is 0.123 e. The monoisotopic (exact) mass is 164 g/mol. The highest BCUT2D eigenvalue weighted by Gasteiger charge is 1.95. The molecular weight excluding hydrogens is 151 g/mol. The number of benzene rings is 1. The van der Waals surface area contributed by atoms with Gasteiger partial charge in [-0.15, -0.1) is 0 Å². The lowest BCUT2D eigenvalue weighted by molar-refractivity contribution is 0.627. The predicted molar refractivity (Wildman–Crippen MR) is 50.3 cm³/mol. The van der Waals surface area contributed by atoms with Crippen LogP contribution in [-0.4, -0.2) is 0 Å². The highest BCUT2D eigenvalue weighted by Crippen LogP contribution is 2.14. The van der Waals surface area contributed by atoms with Crippen LogP contribution in [0.15, 0.2) is 30.3 Å². The van der Waals surface area contributed by atoms with E-state index < -0.39 is 0 Å². The Bertz CT molecular complexity index is 287. The molecule has 0 aliphatic carbocycles. The van der Waals surface area contributed by atoms with Gasteiger partial charge in [0.25, 0.3) is 0 Å². The molecule has 0 saturated heterocycles. The van der Waals surface area contributed by atoms with Crippen molar-refractivity contribution in [1.82, 2.24) is 0 Å². The summed E-state index contributed by atoms with van der Waals surface area (Å²) in [4.78, 5) is 0. The van der Waals surface area contributed by atoms with E-state index in [0.29, 0.717) is 0 Å². The van der Waals surface area contributed by atoms with Gasteiger partial charge in [0.15, 0.2) is 0 Å². The molecule has 0 bridgehead atoms.